The number of hydrogen-bond donors (Lipinski definition) is 1. The van der Waals surface area contributed by atoms with E-state index in [2.05, 4.69) is 15.3 Å². The summed E-state index contributed by atoms with van der Waals surface area (Å²) in [4.78, 5) is 20.2. The van der Waals surface area contributed by atoms with Crippen molar-refractivity contribution in [3.8, 4) is 5.82 Å². The fourth-order valence-corrected chi connectivity index (χ4v) is 2.18. The lowest BCUT2D eigenvalue weighted by Gasteiger charge is -2.08. The molecule has 0 saturated heterocycles. The van der Waals surface area contributed by atoms with Gasteiger partial charge in [-0.05, 0) is 43.4 Å². The molecule has 0 radical (unpaired) electrons. The molecular weight excluding hydrogens is 280 g/mol. The summed E-state index contributed by atoms with van der Waals surface area (Å²) in [7, 11) is 0. The third-order valence-corrected chi connectivity index (χ3v) is 3.66. The number of hydrogen-bond acceptors (Lipinski definition) is 4. The van der Waals surface area contributed by atoms with E-state index in [4.69, 9.17) is 4.74 Å². The summed E-state index contributed by atoms with van der Waals surface area (Å²) in [5.41, 5.74) is 0.994. The monoisotopic (exact) mass is 300 g/mol. The Bertz CT molecular complexity index is 649. The number of pyridine rings is 1. The van der Waals surface area contributed by atoms with Crippen LogP contribution in [0.25, 0.3) is 5.82 Å². The molecule has 1 N–H and O–H groups in total. The molecule has 3 rings (SSSR count). The van der Waals surface area contributed by atoms with E-state index in [1.54, 1.807) is 12.4 Å². The maximum atomic E-state index is 11.7. The Hall–Kier alpha value is -2.21. The first-order valence-corrected chi connectivity index (χ1v) is 7.52. The summed E-state index contributed by atoms with van der Waals surface area (Å²) in [6, 6.07) is 3.83. The number of carbonyl (C=O) groups excluding carboxylic acids is 1. The number of nitrogens with zero attached hydrogens (tertiary/aromatic N) is 3. The average molecular weight is 300 g/mol. The minimum absolute atomic E-state index is 0.0853. The number of aryl methyl sites for hydroxylation is 1. The number of aromatic nitrogens is 3. The number of nitrogens with one attached hydrogen (secondary N) is 1. The molecule has 0 aromatic carbocycles. The number of imidazole rings is 1. The van der Waals surface area contributed by atoms with Gasteiger partial charge in [0, 0.05) is 25.1 Å². The van der Waals surface area contributed by atoms with Crippen LogP contribution in [-0.4, -0.2) is 33.7 Å². The first-order valence-electron chi connectivity index (χ1n) is 7.52. The van der Waals surface area contributed by atoms with Gasteiger partial charge in [-0.1, -0.05) is 0 Å². The molecule has 116 valence electrons. The van der Waals surface area contributed by atoms with Crippen LogP contribution in [0.4, 0.5) is 0 Å². The van der Waals surface area contributed by atoms with E-state index < -0.39 is 0 Å². The molecule has 22 heavy (non-hydrogen) atoms. The van der Waals surface area contributed by atoms with E-state index in [-0.39, 0.29) is 12.5 Å². The van der Waals surface area contributed by atoms with E-state index in [0.29, 0.717) is 19.1 Å². The number of carbonyl (C=O) groups is 1. The van der Waals surface area contributed by atoms with E-state index >= 15 is 0 Å². The third kappa shape index (κ3) is 3.92. The lowest BCUT2D eigenvalue weighted by atomic mass is 10.2. The minimum atomic E-state index is -0.0853. The molecule has 2 aromatic heterocycles. The normalized spacial score (nSPS) is 14.0. The molecule has 0 atom stereocenters. The zero-order valence-corrected chi connectivity index (χ0v) is 12.7. The van der Waals surface area contributed by atoms with Crippen LogP contribution in [-0.2, 0) is 16.1 Å². The van der Waals surface area contributed by atoms with Crippen LogP contribution in [0.1, 0.15) is 24.2 Å². The van der Waals surface area contributed by atoms with E-state index in [9.17, 15) is 4.79 Å². The fourth-order valence-electron chi connectivity index (χ4n) is 2.18. The van der Waals surface area contributed by atoms with Crippen LogP contribution >= 0.6 is 0 Å². The SMILES string of the molecule is Cc1nccn1-c1cc(CNC(=O)COCC2CC2)ccn1. The molecule has 1 saturated carbocycles. The molecule has 0 bridgehead atoms. The van der Waals surface area contributed by atoms with Crippen molar-refractivity contribution in [2.45, 2.75) is 26.3 Å². The first kappa shape index (κ1) is 14.7. The number of amides is 1. The van der Waals surface area contributed by atoms with E-state index in [0.717, 1.165) is 17.2 Å². The van der Waals surface area contributed by atoms with Crippen molar-refractivity contribution in [1.29, 1.82) is 0 Å². The van der Waals surface area contributed by atoms with Crippen LogP contribution in [0, 0.1) is 12.8 Å². The van der Waals surface area contributed by atoms with Crippen molar-refractivity contribution in [3.63, 3.8) is 0 Å². The Balaban J connectivity index is 1.51. The molecule has 1 aliphatic rings. The highest BCUT2D eigenvalue weighted by Crippen LogP contribution is 2.28. The zero-order chi connectivity index (χ0) is 15.4. The highest BCUT2D eigenvalue weighted by atomic mass is 16.5. The molecular formula is C16H20N4O2. The number of ether oxygens (including phenoxy) is 1. The second-order valence-electron chi connectivity index (χ2n) is 5.60. The van der Waals surface area contributed by atoms with E-state index in [1.807, 2.05) is 29.8 Å². The molecule has 1 fully saturated rings. The topological polar surface area (TPSA) is 69.0 Å². The molecule has 0 unspecified atom stereocenters. The standard InChI is InChI=1S/C16H20N4O2/c1-12-17-6-7-20(12)15-8-14(4-5-18-15)9-19-16(21)11-22-10-13-2-3-13/h4-8,13H,2-3,9-11H2,1H3,(H,19,21). The van der Waals surface area contributed by atoms with Gasteiger partial charge < -0.3 is 10.1 Å². The smallest absolute Gasteiger partial charge is 0.246 e. The summed E-state index contributed by atoms with van der Waals surface area (Å²) >= 11 is 0. The van der Waals surface area contributed by atoms with Crippen molar-refractivity contribution < 1.29 is 9.53 Å². The van der Waals surface area contributed by atoms with Gasteiger partial charge in [0.05, 0.1) is 6.61 Å². The van der Waals surface area contributed by atoms with Gasteiger partial charge in [-0.25, -0.2) is 9.97 Å². The highest BCUT2D eigenvalue weighted by molar-refractivity contribution is 5.77. The van der Waals surface area contributed by atoms with Crippen LogP contribution in [0.15, 0.2) is 30.7 Å². The molecule has 2 aromatic rings. The van der Waals surface area contributed by atoms with Gasteiger partial charge in [-0.15, -0.1) is 0 Å². The molecule has 0 spiro atoms. The van der Waals surface area contributed by atoms with Gasteiger partial charge in [0.15, 0.2) is 0 Å². The summed E-state index contributed by atoms with van der Waals surface area (Å²) < 4.78 is 7.28. The summed E-state index contributed by atoms with van der Waals surface area (Å²) in [6.07, 6.45) is 7.80. The van der Waals surface area contributed by atoms with Crippen molar-refractivity contribution >= 4 is 5.91 Å². The Morgan fingerprint density at radius 3 is 3.00 bits per heavy atom. The zero-order valence-electron chi connectivity index (χ0n) is 12.7. The molecule has 0 aliphatic heterocycles. The van der Waals surface area contributed by atoms with Gasteiger partial charge in [0.1, 0.15) is 18.2 Å². The maximum Gasteiger partial charge on any atom is 0.246 e. The predicted octanol–water partition coefficient (Wildman–Crippen LogP) is 1.62. The second kappa shape index (κ2) is 6.70. The maximum absolute atomic E-state index is 11.7. The summed E-state index contributed by atoms with van der Waals surface area (Å²) in [5, 5.41) is 2.86. The molecule has 2 heterocycles. The average Bonchev–Trinajstić information content (AvgIpc) is 3.25. The van der Waals surface area contributed by atoms with Gasteiger partial charge in [0.25, 0.3) is 0 Å². The number of rotatable bonds is 7. The van der Waals surface area contributed by atoms with Gasteiger partial charge in [-0.2, -0.15) is 0 Å². The Kier molecular flexibility index (Phi) is 4.48. The van der Waals surface area contributed by atoms with Crippen molar-refractivity contribution in [3.05, 3.63) is 42.1 Å². The van der Waals surface area contributed by atoms with Gasteiger partial charge >= 0.3 is 0 Å². The predicted molar refractivity (Wildman–Crippen MR) is 81.5 cm³/mol. The molecule has 6 nitrogen and oxygen atoms in total. The van der Waals surface area contributed by atoms with Crippen LogP contribution in [0.5, 0.6) is 0 Å². The molecule has 6 heteroatoms. The third-order valence-electron chi connectivity index (χ3n) is 3.66. The Labute approximate surface area is 129 Å². The van der Waals surface area contributed by atoms with Crippen LogP contribution in [0.2, 0.25) is 0 Å². The van der Waals surface area contributed by atoms with Crippen LogP contribution in [0.3, 0.4) is 0 Å². The van der Waals surface area contributed by atoms with Crippen molar-refractivity contribution in [2.24, 2.45) is 5.92 Å². The minimum Gasteiger partial charge on any atom is -0.371 e. The second-order valence-corrected chi connectivity index (χ2v) is 5.60. The lowest BCUT2D eigenvalue weighted by molar-refractivity contribution is -0.126. The Morgan fingerprint density at radius 2 is 2.27 bits per heavy atom. The van der Waals surface area contributed by atoms with Gasteiger partial charge in [0.2, 0.25) is 5.91 Å². The van der Waals surface area contributed by atoms with Crippen molar-refractivity contribution in [2.75, 3.05) is 13.2 Å². The molecule has 1 amide bonds. The van der Waals surface area contributed by atoms with Gasteiger partial charge in [-0.3, -0.25) is 9.36 Å². The summed E-state index contributed by atoms with van der Waals surface area (Å²) in [6.45, 7) is 3.23. The first-order chi connectivity index (χ1) is 10.7. The fraction of sp³-hybridized carbons (Fsp3) is 0.438. The quantitative estimate of drug-likeness (QED) is 0.843. The van der Waals surface area contributed by atoms with Crippen molar-refractivity contribution in [1.82, 2.24) is 19.9 Å². The Morgan fingerprint density at radius 1 is 1.41 bits per heavy atom. The van der Waals surface area contributed by atoms with Crippen LogP contribution < -0.4 is 5.32 Å². The summed E-state index contributed by atoms with van der Waals surface area (Å²) in [5.74, 6) is 2.26. The largest absolute Gasteiger partial charge is 0.371 e. The highest BCUT2D eigenvalue weighted by Gasteiger charge is 2.21. The lowest BCUT2D eigenvalue weighted by Crippen LogP contribution is -2.27. The van der Waals surface area contributed by atoms with E-state index in [1.165, 1.54) is 12.8 Å². The molecule has 1 aliphatic carbocycles.